The minimum Gasteiger partial charge on any atom is -0.508 e. The molecule has 0 bridgehead atoms. The Bertz CT molecular complexity index is 642. The van der Waals surface area contributed by atoms with Crippen molar-refractivity contribution in [1.82, 2.24) is 0 Å². The van der Waals surface area contributed by atoms with Gasteiger partial charge in [-0.15, -0.1) is 0 Å². The van der Waals surface area contributed by atoms with E-state index < -0.39 is 10.3 Å². The molecule has 2 aromatic rings. The van der Waals surface area contributed by atoms with Crippen molar-refractivity contribution >= 4 is 39.2 Å². The number of nitrogens with one attached hydrogen (secondary N) is 1. The van der Waals surface area contributed by atoms with Crippen LogP contribution in [0.5, 0.6) is 5.75 Å². The molecule has 0 aliphatic carbocycles. The number of aromatic hydroxyl groups is 1. The van der Waals surface area contributed by atoms with Crippen LogP contribution in [-0.4, -0.2) is 18.1 Å². The van der Waals surface area contributed by atoms with Gasteiger partial charge in [0.15, 0.2) is 0 Å². The van der Waals surface area contributed by atoms with Gasteiger partial charge in [-0.25, -0.2) is 0 Å². The van der Waals surface area contributed by atoms with Crippen molar-refractivity contribution in [2.75, 3.05) is 4.72 Å². The van der Waals surface area contributed by atoms with E-state index in [0.29, 0.717) is 5.75 Å². The molecule has 8 heteroatoms. The normalized spacial score (nSPS) is 10.3. The fourth-order valence-electron chi connectivity index (χ4n) is 1.19. The zero-order valence-electron chi connectivity index (χ0n) is 9.99. The lowest BCUT2D eigenvalue weighted by molar-refractivity contribution is 0.475. The van der Waals surface area contributed by atoms with E-state index in [1.54, 1.807) is 24.3 Å². The second-order valence-electron chi connectivity index (χ2n) is 3.57. The highest BCUT2D eigenvalue weighted by molar-refractivity contribution is 7.87. The van der Waals surface area contributed by atoms with Gasteiger partial charge < -0.3 is 5.11 Å². The van der Waals surface area contributed by atoms with Gasteiger partial charge in [0.25, 0.3) is 0 Å². The summed E-state index contributed by atoms with van der Waals surface area (Å²) in [7, 11) is -4.28. The monoisotopic (exact) mass is 335 g/mol. The Morgan fingerprint density at radius 3 is 1.80 bits per heavy atom. The first-order valence-electron chi connectivity index (χ1n) is 5.21. The van der Waals surface area contributed by atoms with Crippen LogP contribution in [0.3, 0.4) is 0 Å². The number of benzene rings is 2. The molecule has 20 heavy (non-hydrogen) atoms. The van der Waals surface area contributed by atoms with Gasteiger partial charge >= 0.3 is 10.3 Å². The van der Waals surface area contributed by atoms with E-state index in [4.69, 9.17) is 32.9 Å². The standard InChI is InChI=1S/C6H5Cl2NO3S.C6H6O/c7-4-1-5(8)3-6(2-4)9-13(10,11)12;7-6-4-2-1-3-5-6/h1-3,9H,(H,10,11,12);1-5,7H. The van der Waals surface area contributed by atoms with Crippen molar-refractivity contribution in [3.05, 3.63) is 58.6 Å². The molecule has 0 fully saturated rings. The summed E-state index contributed by atoms with van der Waals surface area (Å²) in [6.45, 7) is 0. The van der Waals surface area contributed by atoms with Crippen LogP contribution in [0, 0.1) is 0 Å². The smallest absolute Gasteiger partial charge is 0.357 e. The summed E-state index contributed by atoms with van der Waals surface area (Å²) in [5, 5.41) is 9.19. The van der Waals surface area contributed by atoms with Crippen molar-refractivity contribution < 1.29 is 18.1 Å². The maximum atomic E-state index is 10.4. The van der Waals surface area contributed by atoms with Gasteiger partial charge in [0.2, 0.25) is 0 Å². The highest BCUT2D eigenvalue weighted by Crippen LogP contribution is 2.22. The number of hydrogen-bond donors (Lipinski definition) is 3. The fraction of sp³-hybridized carbons (Fsp3) is 0. The van der Waals surface area contributed by atoms with Crippen LogP contribution in [0.4, 0.5) is 5.69 Å². The molecule has 2 aromatic carbocycles. The molecule has 108 valence electrons. The second kappa shape index (κ2) is 7.35. The minimum absolute atomic E-state index is 0.111. The lowest BCUT2D eigenvalue weighted by atomic mass is 10.3. The summed E-state index contributed by atoms with van der Waals surface area (Å²) in [5.41, 5.74) is 0.111. The molecule has 0 saturated heterocycles. The Hall–Kier alpha value is -1.47. The Labute approximate surface area is 126 Å². The van der Waals surface area contributed by atoms with Crippen LogP contribution in [-0.2, 0) is 10.3 Å². The number of phenolic OH excluding ortho intramolecular Hbond substituents is 1. The molecule has 0 radical (unpaired) electrons. The number of anilines is 1. The molecule has 0 aliphatic rings. The Kier molecular flexibility index (Phi) is 6.09. The molecular weight excluding hydrogens is 325 g/mol. The Morgan fingerprint density at radius 2 is 1.45 bits per heavy atom. The number of rotatable bonds is 2. The van der Waals surface area contributed by atoms with E-state index in [1.165, 1.54) is 18.2 Å². The minimum atomic E-state index is -4.28. The summed E-state index contributed by atoms with van der Waals surface area (Å²) < 4.78 is 31.0. The third-order valence-corrected chi connectivity index (χ3v) is 2.80. The van der Waals surface area contributed by atoms with Crippen LogP contribution in [0.2, 0.25) is 10.0 Å². The molecule has 0 saturated carbocycles. The zero-order chi connectivity index (χ0) is 15.2. The summed E-state index contributed by atoms with van der Waals surface area (Å²) in [6, 6.07) is 12.8. The first-order valence-corrected chi connectivity index (χ1v) is 7.41. The van der Waals surface area contributed by atoms with Crippen LogP contribution in [0.25, 0.3) is 0 Å². The van der Waals surface area contributed by atoms with Gasteiger partial charge in [-0.1, -0.05) is 41.4 Å². The third-order valence-electron chi connectivity index (χ3n) is 1.87. The number of halogens is 2. The first kappa shape index (κ1) is 16.6. The molecule has 0 aromatic heterocycles. The quantitative estimate of drug-likeness (QED) is 0.732. The van der Waals surface area contributed by atoms with Gasteiger partial charge in [-0.3, -0.25) is 9.27 Å². The highest BCUT2D eigenvalue weighted by atomic mass is 35.5. The number of phenols is 1. The molecular formula is C12H11Cl2NO4S. The van der Waals surface area contributed by atoms with E-state index >= 15 is 0 Å². The largest absolute Gasteiger partial charge is 0.508 e. The van der Waals surface area contributed by atoms with Crippen molar-refractivity contribution in [2.45, 2.75) is 0 Å². The number of hydrogen-bond acceptors (Lipinski definition) is 3. The molecule has 5 nitrogen and oxygen atoms in total. The molecule has 0 unspecified atom stereocenters. The number of para-hydroxylation sites is 1. The van der Waals surface area contributed by atoms with Crippen molar-refractivity contribution in [1.29, 1.82) is 0 Å². The maximum Gasteiger partial charge on any atom is 0.357 e. The van der Waals surface area contributed by atoms with E-state index in [0.717, 1.165) is 0 Å². The first-order chi connectivity index (χ1) is 9.26. The van der Waals surface area contributed by atoms with Crippen molar-refractivity contribution in [2.24, 2.45) is 0 Å². The topological polar surface area (TPSA) is 86.6 Å². The van der Waals surface area contributed by atoms with Crippen molar-refractivity contribution in [3.63, 3.8) is 0 Å². The summed E-state index contributed by atoms with van der Waals surface area (Å²) >= 11 is 11.2. The molecule has 0 aliphatic heterocycles. The summed E-state index contributed by atoms with van der Waals surface area (Å²) in [5.74, 6) is 0.322. The summed E-state index contributed by atoms with van der Waals surface area (Å²) in [6.07, 6.45) is 0. The summed E-state index contributed by atoms with van der Waals surface area (Å²) in [4.78, 5) is 0. The van der Waals surface area contributed by atoms with Gasteiger partial charge in [0, 0.05) is 10.0 Å². The molecule has 0 spiro atoms. The second-order valence-corrected chi connectivity index (χ2v) is 5.60. The van der Waals surface area contributed by atoms with E-state index in [1.807, 2.05) is 10.8 Å². The van der Waals surface area contributed by atoms with Gasteiger partial charge in [0.05, 0.1) is 5.69 Å². The molecule has 0 atom stereocenters. The Balaban J connectivity index is 0.000000240. The molecule has 0 amide bonds. The molecule has 0 heterocycles. The van der Waals surface area contributed by atoms with E-state index in [-0.39, 0.29) is 15.7 Å². The van der Waals surface area contributed by atoms with Crippen LogP contribution in [0.15, 0.2) is 48.5 Å². The van der Waals surface area contributed by atoms with E-state index in [9.17, 15) is 8.42 Å². The SMILES string of the molecule is O=S(=O)(O)Nc1cc(Cl)cc(Cl)c1.Oc1ccccc1. The van der Waals surface area contributed by atoms with E-state index in [2.05, 4.69) is 0 Å². The fourth-order valence-corrected chi connectivity index (χ4v) is 2.13. The predicted octanol–water partition coefficient (Wildman–Crippen LogP) is 3.60. The lowest BCUT2D eigenvalue weighted by Crippen LogP contribution is -2.10. The lowest BCUT2D eigenvalue weighted by Gasteiger charge is -2.02. The Morgan fingerprint density at radius 1 is 0.950 bits per heavy atom. The van der Waals surface area contributed by atoms with Crippen LogP contribution < -0.4 is 4.72 Å². The van der Waals surface area contributed by atoms with Gasteiger partial charge in [-0.05, 0) is 30.3 Å². The average Bonchev–Trinajstić information content (AvgIpc) is 2.26. The maximum absolute atomic E-state index is 10.4. The molecule has 2 rings (SSSR count). The van der Waals surface area contributed by atoms with Gasteiger partial charge in [0.1, 0.15) is 5.75 Å². The van der Waals surface area contributed by atoms with Gasteiger partial charge in [-0.2, -0.15) is 8.42 Å². The van der Waals surface area contributed by atoms with Crippen molar-refractivity contribution in [3.8, 4) is 5.75 Å². The van der Waals surface area contributed by atoms with Crippen LogP contribution in [0.1, 0.15) is 0 Å². The zero-order valence-corrected chi connectivity index (χ0v) is 12.3. The molecule has 3 N–H and O–H groups in total. The average molecular weight is 336 g/mol. The highest BCUT2D eigenvalue weighted by Gasteiger charge is 2.05. The predicted molar refractivity (Wildman–Crippen MR) is 79.7 cm³/mol. The van der Waals surface area contributed by atoms with Crippen LogP contribution >= 0.6 is 23.2 Å². The third kappa shape index (κ3) is 7.20.